The molecule has 1 saturated carbocycles. The number of aliphatic hydroxyl groups excluding tert-OH is 1. The molecule has 0 radical (unpaired) electrons. The largest absolute Gasteiger partial charge is 0.396 e. The maximum Gasteiger partial charge on any atom is 0.0456 e. The van der Waals surface area contributed by atoms with Crippen LogP contribution in [0.5, 0.6) is 0 Å². The third kappa shape index (κ3) is 8.66. The first-order valence-corrected chi connectivity index (χ1v) is 9.55. The number of hydrogen-bond donors (Lipinski definition) is 1. The molecule has 3 atom stereocenters. The van der Waals surface area contributed by atoms with Crippen LogP contribution >= 0.6 is 0 Å². The normalized spacial score (nSPS) is 24.0. The molecule has 1 heteroatoms. The summed E-state index contributed by atoms with van der Waals surface area (Å²) in [5, 5.41) is 9.03. The lowest BCUT2D eigenvalue weighted by atomic mass is 9.89. The van der Waals surface area contributed by atoms with Crippen LogP contribution in [-0.2, 0) is 0 Å². The molecule has 1 N–H and O–H groups in total. The van der Waals surface area contributed by atoms with Gasteiger partial charge in [0.05, 0.1) is 0 Å². The van der Waals surface area contributed by atoms with E-state index in [4.69, 9.17) is 5.11 Å². The van der Waals surface area contributed by atoms with Gasteiger partial charge in [0.2, 0.25) is 0 Å². The summed E-state index contributed by atoms with van der Waals surface area (Å²) in [5.41, 5.74) is 0. The van der Waals surface area contributed by atoms with Crippen molar-refractivity contribution in [2.45, 2.75) is 90.9 Å². The van der Waals surface area contributed by atoms with Crippen LogP contribution in [0.3, 0.4) is 0 Å². The predicted molar refractivity (Wildman–Crippen MR) is 93.4 cm³/mol. The first kappa shape index (κ1) is 18.7. The Hall–Kier alpha value is -0.300. The highest BCUT2D eigenvalue weighted by Gasteiger charge is 2.24. The Morgan fingerprint density at radius 2 is 1.95 bits per heavy atom. The summed E-state index contributed by atoms with van der Waals surface area (Å²) in [4.78, 5) is 0. The molecule has 0 amide bonds. The lowest BCUT2D eigenvalue weighted by Crippen LogP contribution is -2.05. The molecule has 1 nitrogen and oxygen atoms in total. The highest BCUT2D eigenvalue weighted by Crippen LogP contribution is 2.36. The molecule has 21 heavy (non-hydrogen) atoms. The van der Waals surface area contributed by atoms with Crippen molar-refractivity contribution < 1.29 is 5.11 Å². The van der Waals surface area contributed by atoms with Crippen LogP contribution in [0, 0.1) is 17.8 Å². The average molecular weight is 295 g/mol. The number of aliphatic hydroxyl groups is 1. The zero-order valence-electron chi connectivity index (χ0n) is 14.5. The minimum absolute atomic E-state index is 0.355. The third-order valence-electron chi connectivity index (χ3n) is 5.16. The van der Waals surface area contributed by atoms with Crippen LogP contribution in [0.4, 0.5) is 0 Å². The van der Waals surface area contributed by atoms with E-state index in [9.17, 15) is 0 Å². The summed E-state index contributed by atoms with van der Waals surface area (Å²) in [6, 6.07) is 0. The van der Waals surface area contributed by atoms with Gasteiger partial charge in [-0.05, 0) is 56.3 Å². The molecule has 0 saturated heterocycles. The molecular weight excluding hydrogens is 256 g/mol. The molecular formula is C20H38O. The molecule has 0 aromatic heterocycles. The Bertz CT molecular complexity index is 259. The lowest BCUT2D eigenvalue weighted by molar-refractivity contribution is 0.227. The van der Waals surface area contributed by atoms with Crippen molar-refractivity contribution in [3.63, 3.8) is 0 Å². The first-order chi connectivity index (χ1) is 10.3. The van der Waals surface area contributed by atoms with Crippen LogP contribution in [0.15, 0.2) is 12.2 Å². The van der Waals surface area contributed by atoms with Gasteiger partial charge in [-0.1, -0.05) is 64.5 Å². The van der Waals surface area contributed by atoms with E-state index in [1.165, 1.54) is 77.0 Å². The molecule has 0 spiro atoms. The van der Waals surface area contributed by atoms with E-state index in [0.29, 0.717) is 12.5 Å². The molecule has 0 heterocycles. The van der Waals surface area contributed by atoms with Gasteiger partial charge in [0.15, 0.2) is 0 Å². The summed E-state index contributed by atoms with van der Waals surface area (Å²) in [6.07, 6.45) is 21.4. The van der Waals surface area contributed by atoms with Crippen molar-refractivity contribution in [2.75, 3.05) is 6.61 Å². The van der Waals surface area contributed by atoms with Gasteiger partial charge in [0, 0.05) is 6.61 Å². The van der Waals surface area contributed by atoms with Crippen molar-refractivity contribution in [1.29, 1.82) is 0 Å². The van der Waals surface area contributed by atoms with E-state index >= 15 is 0 Å². The molecule has 0 aromatic rings. The Morgan fingerprint density at radius 3 is 2.71 bits per heavy atom. The van der Waals surface area contributed by atoms with Gasteiger partial charge in [-0.15, -0.1) is 0 Å². The first-order valence-electron chi connectivity index (χ1n) is 9.55. The van der Waals surface area contributed by atoms with Gasteiger partial charge in [0.1, 0.15) is 0 Å². The summed E-state index contributed by atoms with van der Waals surface area (Å²) < 4.78 is 0. The van der Waals surface area contributed by atoms with E-state index < -0.39 is 0 Å². The van der Waals surface area contributed by atoms with Gasteiger partial charge >= 0.3 is 0 Å². The molecule has 1 aliphatic rings. The van der Waals surface area contributed by atoms with Crippen molar-refractivity contribution in [3.8, 4) is 0 Å². The quantitative estimate of drug-likeness (QED) is 0.339. The molecule has 0 bridgehead atoms. The number of allylic oxidation sites excluding steroid dienone is 2. The summed E-state index contributed by atoms with van der Waals surface area (Å²) in [7, 11) is 0. The molecule has 0 aliphatic heterocycles. The number of rotatable bonds is 12. The molecule has 1 unspecified atom stereocenters. The minimum Gasteiger partial charge on any atom is -0.396 e. The van der Waals surface area contributed by atoms with E-state index in [1.54, 1.807) is 0 Å². The Morgan fingerprint density at radius 1 is 1.10 bits per heavy atom. The second-order valence-corrected chi connectivity index (χ2v) is 7.20. The molecule has 1 rings (SSSR count). The van der Waals surface area contributed by atoms with Crippen LogP contribution in [0.1, 0.15) is 90.9 Å². The fraction of sp³-hybridized carbons (Fsp3) is 0.900. The van der Waals surface area contributed by atoms with Crippen LogP contribution in [-0.4, -0.2) is 11.7 Å². The Balaban J connectivity index is 2.09. The zero-order valence-corrected chi connectivity index (χ0v) is 14.5. The standard InChI is InChI=1S/C20H38O/c1-3-4-5-6-9-13-19-15-11-16-20(19)14-10-7-8-12-18(2)17-21/h9,13,18-21H,3-8,10-12,14-17H2,1-2H3/t18?,19-,20-/m0/s1. The predicted octanol–water partition coefficient (Wildman–Crippen LogP) is 6.12. The van der Waals surface area contributed by atoms with E-state index in [0.717, 1.165) is 11.8 Å². The second kappa shape index (κ2) is 12.3. The van der Waals surface area contributed by atoms with Crippen LogP contribution in [0.2, 0.25) is 0 Å². The molecule has 1 aliphatic carbocycles. The minimum atomic E-state index is 0.355. The van der Waals surface area contributed by atoms with E-state index in [1.807, 2.05) is 0 Å². The van der Waals surface area contributed by atoms with Crippen LogP contribution < -0.4 is 0 Å². The van der Waals surface area contributed by atoms with Gasteiger partial charge in [0.25, 0.3) is 0 Å². The SMILES string of the molecule is CCCCCC=C[C@H]1CCC[C@@H]1CCCCCC(C)CO. The fourth-order valence-electron chi connectivity index (χ4n) is 3.63. The Kier molecular flexibility index (Phi) is 10.9. The maximum absolute atomic E-state index is 9.03. The summed E-state index contributed by atoms with van der Waals surface area (Å²) in [5.74, 6) is 2.33. The monoisotopic (exact) mass is 294 g/mol. The smallest absolute Gasteiger partial charge is 0.0456 e. The van der Waals surface area contributed by atoms with Crippen molar-refractivity contribution in [3.05, 3.63) is 12.2 Å². The van der Waals surface area contributed by atoms with Crippen LogP contribution in [0.25, 0.3) is 0 Å². The topological polar surface area (TPSA) is 20.2 Å². The van der Waals surface area contributed by atoms with Gasteiger partial charge in [-0.25, -0.2) is 0 Å². The van der Waals surface area contributed by atoms with Crippen molar-refractivity contribution >= 4 is 0 Å². The molecule has 1 fully saturated rings. The zero-order chi connectivity index (χ0) is 15.3. The number of hydrogen-bond acceptors (Lipinski definition) is 1. The summed E-state index contributed by atoms with van der Waals surface area (Å²) in [6.45, 7) is 4.78. The summed E-state index contributed by atoms with van der Waals surface area (Å²) >= 11 is 0. The third-order valence-corrected chi connectivity index (χ3v) is 5.16. The highest BCUT2D eigenvalue weighted by atomic mass is 16.3. The van der Waals surface area contributed by atoms with Gasteiger partial charge in [-0.3, -0.25) is 0 Å². The van der Waals surface area contributed by atoms with E-state index in [2.05, 4.69) is 26.0 Å². The van der Waals surface area contributed by atoms with E-state index in [-0.39, 0.29) is 0 Å². The molecule has 0 aromatic carbocycles. The fourth-order valence-corrected chi connectivity index (χ4v) is 3.63. The van der Waals surface area contributed by atoms with Crippen molar-refractivity contribution in [1.82, 2.24) is 0 Å². The lowest BCUT2D eigenvalue weighted by Gasteiger charge is -2.16. The maximum atomic E-state index is 9.03. The second-order valence-electron chi connectivity index (χ2n) is 7.20. The Labute approximate surface area is 133 Å². The average Bonchev–Trinajstić information content (AvgIpc) is 2.94. The van der Waals surface area contributed by atoms with Gasteiger partial charge < -0.3 is 5.11 Å². The van der Waals surface area contributed by atoms with Crippen molar-refractivity contribution in [2.24, 2.45) is 17.8 Å². The van der Waals surface area contributed by atoms with Gasteiger partial charge in [-0.2, -0.15) is 0 Å². The number of unbranched alkanes of at least 4 members (excludes halogenated alkanes) is 5. The highest BCUT2D eigenvalue weighted by molar-refractivity contribution is 4.94. The molecule has 124 valence electrons.